The van der Waals surface area contributed by atoms with Crippen molar-refractivity contribution in [2.45, 2.75) is 110 Å². The summed E-state index contributed by atoms with van der Waals surface area (Å²) >= 11 is 0. The van der Waals surface area contributed by atoms with E-state index in [9.17, 15) is 35.1 Å². The number of rotatable bonds is 18. The molecule has 1 heterocycles. The fourth-order valence-electron chi connectivity index (χ4n) is 5.06. The molecular weight excluding hydrogens is 540 g/mol. The number of carbonyl (C=O) groups is 1. The molecule has 0 aliphatic rings. The lowest BCUT2D eigenvalue weighted by Crippen LogP contribution is -2.09. The Balaban J connectivity index is 1.44. The van der Waals surface area contributed by atoms with Crippen LogP contribution in [0.15, 0.2) is 33.5 Å². The van der Waals surface area contributed by atoms with Crippen LogP contribution in [-0.2, 0) is 4.79 Å². The van der Waals surface area contributed by atoms with Gasteiger partial charge in [-0.3, -0.25) is 9.59 Å². The summed E-state index contributed by atoms with van der Waals surface area (Å²) in [5.41, 5.74) is -1.24. The molecule has 0 amide bonds. The molecule has 230 valence electrons. The third kappa shape index (κ3) is 9.06. The molecule has 1 aromatic heterocycles. The number of hydrogen-bond donors (Lipinski definition) is 5. The molecular formula is C33H44O9. The van der Waals surface area contributed by atoms with E-state index in [1.807, 2.05) is 0 Å². The number of fused-ring (bicyclic) bond motifs is 1. The van der Waals surface area contributed by atoms with E-state index in [0.717, 1.165) is 37.5 Å². The molecule has 0 spiro atoms. The molecule has 0 saturated carbocycles. The number of carbonyl (C=O) groups excluding carboxylic acids is 1. The van der Waals surface area contributed by atoms with Gasteiger partial charge in [-0.25, -0.2) is 0 Å². The highest BCUT2D eigenvalue weighted by Gasteiger charge is 2.24. The van der Waals surface area contributed by atoms with Gasteiger partial charge >= 0.3 is 5.97 Å². The van der Waals surface area contributed by atoms with E-state index in [2.05, 4.69) is 6.92 Å². The van der Waals surface area contributed by atoms with E-state index in [1.54, 1.807) is 0 Å². The number of aromatic hydroxyl groups is 5. The van der Waals surface area contributed by atoms with Gasteiger partial charge in [0.25, 0.3) is 0 Å². The van der Waals surface area contributed by atoms with Crippen LogP contribution < -0.4 is 10.2 Å². The number of esters is 1. The third-order valence-electron chi connectivity index (χ3n) is 7.51. The SMILES string of the molecule is CCCCCCCCCCCCCCCCCC(=O)Oc1c(O)cc2oc(-c3ccc(O)c(O)c3)c(O)c(=O)c2c1O. The van der Waals surface area contributed by atoms with Crippen LogP contribution in [0.5, 0.6) is 34.5 Å². The summed E-state index contributed by atoms with van der Waals surface area (Å²) in [6.07, 6.45) is 18.1. The fourth-order valence-corrected chi connectivity index (χ4v) is 5.06. The van der Waals surface area contributed by atoms with E-state index in [0.29, 0.717) is 6.42 Å². The Morgan fingerprint density at radius 2 is 1.24 bits per heavy atom. The molecule has 42 heavy (non-hydrogen) atoms. The lowest BCUT2D eigenvalue weighted by Gasteiger charge is -2.12. The second-order valence-corrected chi connectivity index (χ2v) is 10.9. The molecule has 0 saturated heterocycles. The summed E-state index contributed by atoms with van der Waals surface area (Å²) in [7, 11) is 0. The van der Waals surface area contributed by atoms with Crippen molar-refractivity contribution < 1.29 is 39.5 Å². The fraction of sp³-hybridized carbons (Fsp3) is 0.515. The molecule has 0 unspecified atom stereocenters. The van der Waals surface area contributed by atoms with Crippen LogP contribution in [0.4, 0.5) is 0 Å². The van der Waals surface area contributed by atoms with Gasteiger partial charge in [0, 0.05) is 18.1 Å². The van der Waals surface area contributed by atoms with Crippen molar-refractivity contribution in [3.63, 3.8) is 0 Å². The maximum Gasteiger partial charge on any atom is 0.311 e. The topological polar surface area (TPSA) is 158 Å². The minimum Gasteiger partial charge on any atom is -0.504 e. The van der Waals surface area contributed by atoms with Gasteiger partial charge < -0.3 is 34.7 Å². The number of unbranched alkanes of at least 4 members (excludes halogenated alkanes) is 14. The molecule has 0 fully saturated rings. The maximum atomic E-state index is 12.9. The van der Waals surface area contributed by atoms with Gasteiger partial charge in [-0.15, -0.1) is 0 Å². The Kier molecular flexibility index (Phi) is 12.8. The van der Waals surface area contributed by atoms with Crippen molar-refractivity contribution in [2.24, 2.45) is 0 Å². The Hall–Kier alpha value is -3.88. The maximum absolute atomic E-state index is 12.9. The van der Waals surface area contributed by atoms with Gasteiger partial charge in [0.1, 0.15) is 11.0 Å². The molecule has 5 N–H and O–H groups in total. The first kappa shape index (κ1) is 32.6. The molecule has 9 heteroatoms. The molecule has 0 aliphatic heterocycles. The minimum atomic E-state index is -1.03. The van der Waals surface area contributed by atoms with Crippen LogP contribution in [0.3, 0.4) is 0 Å². The van der Waals surface area contributed by atoms with E-state index in [4.69, 9.17) is 9.15 Å². The Bertz CT molecular complexity index is 1380. The van der Waals surface area contributed by atoms with Crippen molar-refractivity contribution in [2.75, 3.05) is 0 Å². The van der Waals surface area contributed by atoms with Crippen molar-refractivity contribution in [1.82, 2.24) is 0 Å². The summed E-state index contributed by atoms with van der Waals surface area (Å²) < 4.78 is 10.7. The Labute approximate surface area is 246 Å². The second-order valence-electron chi connectivity index (χ2n) is 10.9. The number of phenolic OH excluding ortho intramolecular Hbond substituents is 4. The van der Waals surface area contributed by atoms with Crippen LogP contribution in [0, 0.1) is 0 Å². The predicted octanol–water partition coefficient (Wildman–Crippen LogP) is 8.15. The Morgan fingerprint density at radius 1 is 0.690 bits per heavy atom. The number of benzene rings is 2. The lowest BCUT2D eigenvalue weighted by atomic mass is 10.0. The van der Waals surface area contributed by atoms with Gasteiger partial charge in [0.2, 0.25) is 16.9 Å². The molecule has 2 aromatic carbocycles. The summed E-state index contributed by atoms with van der Waals surface area (Å²) in [6, 6.07) is 4.51. The van der Waals surface area contributed by atoms with Crippen LogP contribution in [0.25, 0.3) is 22.3 Å². The van der Waals surface area contributed by atoms with Crippen molar-refractivity contribution >= 4 is 16.9 Å². The monoisotopic (exact) mass is 584 g/mol. The highest BCUT2D eigenvalue weighted by Crippen LogP contribution is 2.44. The zero-order valence-corrected chi connectivity index (χ0v) is 24.5. The van der Waals surface area contributed by atoms with Gasteiger partial charge in [0.05, 0.1) is 0 Å². The standard InChI is InChI=1S/C33H44O9/c1-2-3-4-5-6-7-8-9-10-11-12-13-14-15-16-17-27(37)42-33-25(36)21-26-28(30(33)39)29(38)31(40)32(41-26)22-18-19-23(34)24(35)20-22/h18-21,34-36,39-40H,2-17H2,1H3. The lowest BCUT2D eigenvalue weighted by molar-refractivity contribution is -0.134. The van der Waals surface area contributed by atoms with Crippen LogP contribution in [0.1, 0.15) is 110 Å². The van der Waals surface area contributed by atoms with E-state index in [1.165, 1.54) is 76.7 Å². The smallest absolute Gasteiger partial charge is 0.311 e. The van der Waals surface area contributed by atoms with Crippen LogP contribution >= 0.6 is 0 Å². The summed E-state index contributed by atoms with van der Waals surface area (Å²) in [4.78, 5) is 25.3. The second kappa shape index (κ2) is 16.5. The van der Waals surface area contributed by atoms with E-state index in [-0.39, 0.29) is 23.3 Å². The predicted molar refractivity (Wildman–Crippen MR) is 161 cm³/mol. The number of ether oxygens (including phenoxy) is 1. The first-order valence-corrected chi connectivity index (χ1v) is 15.2. The zero-order chi connectivity index (χ0) is 30.5. The quantitative estimate of drug-likeness (QED) is 0.0430. The van der Waals surface area contributed by atoms with Crippen molar-refractivity contribution in [1.29, 1.82) is 0 Å². The van der Waals surface area contributed by atoms with Crippen LogP contribution in [-0.4, -0.2) is 31.5 Å². The largest absolute Gasteiger partial charge is 0.504 e. The van der Waals surface area contributed by atoms with Gasteiger partial charge in [-0.05, 0) is 24.6 Å². The van der Waals surface area contributed by atoms with Gasteiger partial charge in [0.15, 0.2) is 28.8 Å². The molecule has 9 nitrogen and oxygen atoms in total. The molecule has 0 radical (unpaired) electrons. The van der Waals surface area contributed by atoms with Crippen LogP contribution in [0.2, 0.25) is 0 Å². The summed E-state index contributed by atoms with van der Waals surface area (Å²) in [5.74, 6) is -4.85. The van der Waals surface area contributed by atoms with Crippen molar-refractivity contribution in [3.8, 4) is 45.8 Å². The number of phenols is 4. The van der Waals surface area contributed by atoms with E-state index < -0.39 is 51.3 Å². The zero-order valence-electron chi connectivity index (χ0n) is 24.5. The molecule has 0 bridgehead atoms. The average molecular weight is 585 g/mol. The van der Waals surface area contributed by atoms with E-state index >= 15 is 0 Å². The Morgan fingerprint density at radius 3 is 1.79 bits per heavy atom. The average Bonchev–Trinajstić information content (AvgIpc) is 2.96. The molecule has 3 rings (SSSR count). The number of hydrogen-bond acceptors (Lipinski definition) is 9. The van der Waals surface area contributed by atoms with Crippen molar-refractivity contribution in [3.05, 3.63) is 34.5 Å². The summed E-state index contributed by atoms with van der Waals surface area (Å²) in [5, 5.41) is 50.3. The first-order chi connectivity index (χ1) is 20.2. The third-order valence-corrected chi connectivity index (χ3v) is 7.51. The summed E-state index contributed by atoms with van der Waals surface area (Å²) in [6.45, 7) is 2.24. The first-order valence-electron chi connectivity index (χ1n) is 15.2. The van der Waals surface area contributed by atoms with Gasteiger partial charge in [-0.2, -0.15) is 0 Å². The molecule has 0 atom stereocenters. The molecule has 3 aromatic rings. The normalized spacial score (nSPS) is 11.3. The highest BCUT2D eigenvalue weighted by molar-refractivity contribution is 5.92. The minimum absolute atomic E-state index is 0.0692. The van der Waals surface area contributed by atoms with Gasteiger partial charge in [-0.1, -0.05) is 96.8 Å². The molecule has 0 aliphatic carbocycles. The highest BCUT2D eigenvalue weighted by atomic mass is 16.5.